The van der Waals surface area contributed by atoms with Crippen LogP contribution in [0.4, 0.5) is 10.2 Å². The number of nitrogens with zero attached hydrogens (tertiary/aromatic N) is 5. The molecule has 0 unspecified atom stereocenters. The largest absolute Gasteiger partial charge is 0.358 e. The van der Waals surface area contributed by atoms with Gasteiger partial charge in [0.15, 0.2) is 5.82 Å². The molecule has 288 valence electrons. The molecule has 4 aromatic heterocycles. The van der Waals surface area contributed by atoms with Crippen molar-refractivity contribution in [2.75, 3.05) is 25.0 Å². The van der Waals surface area contributed by atoms with Crippen molar-refractivity contribution < 1.29 is 14.0 Å². The summed E-state index contributed by atoms with van der Waals surface area (Å²) in [6, 6.07) is 15.2. The Kier molecular flexibility index (Phi) is 10.8. The molecule has 0 spiro atoms. The van der Waals surface area contributed by atoms with Crippen molar-refractivity contribution in [3.63, 3.8) is 0 Å². The van der Waals surface area contributed by atoms with E-state index in [1.807, 2.05) is 50.4 Å². The van der Waals surface area contributed by atoms with Crippen LogP contribution in [0.25, 0.3) is 44.6 Å². The fourth-order valence-electron chi connectivity index (χ4n) is 6.25. The van der Waals surface area contributed by atoms with Gasteiger partial charge in [0.05, 0.1) is 33.5 Å². The van der Waals surface area contributed by atoms with Gasteiger partial charge in [-0.15, -0.1) is 0 Å². The van der Waals surface area contributed by atoms with Crippen LogP contribution >= 0.6 is 0 Å². The van der Waals surface area contributed by atoms with Gasteiger partial charge in [-0.05, 0) is 64.3 Å². The summed E-state index contributed by atoms with van der Waals surface area (Å²) in [7, 11) is 2.04. The average Bonchev–Trinajstić information content (AvgIpc) is 3.78. The molecule has 2 aliphatic heterocycles. The standard InChI is InChI=1S/C21H25N5O.C16H13FN4O.C6H14/c1-12-19(26(5)21(2,3)4)25-18-13(7-6-8-16(18)23-12)17-11-14-15(24-17)9-10-22-20(14)27;1-8-15(17)21-14-9(3-2-4-12(14)19-8)13-7-10-11(20-13)5-6-18-16(10)22;1-5-6(2,3)4/h6-8,11,24H,9-10H2,1-5H3,(H,22,27);2-4,7,20H,5-6H2,1H3,(H,18,22);5H2,1-4H3. The number of halogens is 1. The minimum absolute atomic E-state index is 0.0194. The van der Waals surface area contributed by atoms with Crippen LogP contribution in [0.15, 0.2) is 48.5 Å². The predicted octanol–water partition coefficient (Wildman–Crippen LogP) is 8.25. The van der Waals surface area contributed by atoms with E-state index in [9.17, 15) is 14.0 Å². The van der Waals surface area contributed by atoms with E-state index >= 15 is 0 Å². The highest BCUT2D eigenvalue weighted by atomic mass is 19.1. The van der Waals surface area contributed by atoms with Crippen molar-refractivity contribution in [3.05, 3.63) is 88.4 Å². The lowest BCUT2D eigenvalue weighted by Crippen LogP contribution is -2.39. The zero-order chi connectivity index (χ0) is 39.8. The smallest absolute Gasteiger partial charge is 0.253 e. The Balaban J connectivity index is 0.000000166. The monoisotopic (exact) mass is 745 g/mol. The third kappa shape index (κ3) is 8.38. The number of amides is 2. The first kappa shape index (κ1) is 39.1. The van der Waals surface area contributed by atoms with Crippen LogP contribution in [0.5, 0.6) is 0 Å². The van der Waals surface area contributed by atoms with Gasteiger partial charge < -0.3 is 25.5 Å². The number of H-pyrrole nitrogens is 2. The number of carbonyl (C=O) groups excluding carboxylic acids is 2. The summed E-state index contributed by atoms with van der Waals surface area (Å²) < 4.78 is 13.8. The minimum atomic E-state index is -0.575. The first-order valence-electron chi connectivity index (χ1n) is 18.9. The van der Waals surface area contributed by atoms with E-state index in [-0.39, 0.29) is 23.0 Å². The van der Waals surface area contributed by atoms with Crippen LogP contribution in [0.2, 0.25) is 0 Å². The lowest BCUT2D eigenvalue weighted by molar-refractivity contribution is 0.0937. The van der Waals surface area contributed by atoms with Crippen molar-refractivity contribution in [1.82, 2.24) is 40.5 Å². The van der Waals surface area contributed by atoms with E-state index in [2.05, 4.69) is 83.9 Å². The van der Waals surface area contributed by atoms with Crippen molar-refractivity contribution in [3.8, 4) is 22.5 Å². The third-order valence-electron chi connectivity index (χ3n) is 10.2. The van der Waals surface area contributed by atoms with Crippen molar-refractivity contribution in [1.29, 1.82) is 0 Å². The molecule has 11 nitrogen and oxygen atoms in total. The summed E-state index contributed by atoms with van der Waals surface area (Å²) in [6.07, 6.45) is 2.84. The van der Waals surface area contributed by atoms with Gasteiger partial charge in [0.1, 0.15) is 11.0 Å². The van der Waals surface area contributed by atoms with Gasteiger partial charge in [-0.2, -0.15) is 4.39 Å². The number of aromatic amines is 2. The Morgan fingerprint density at radius 2 is 1.15 bits per heavy atom. The van der Waals surface area contributed by atoms with Crippen molar-refractivity contribution >= 4 is 39.7 Å². The molecule has 55 heavy (non-hydrogen) atoms. The summed E-state index contributed by atoms with van der Waals surface area (Å²) in [5, 5.41) is 5.70. The number of benzene rings is 2. The summed E-state index contributed by atoms with van der Waals surface area (Å²) in [6.45, 7) is 20.3. The Bertz CT molecular complexity index is 2400. The second-order valence-corrected chi connectivity index (χ2v) is 16.4. The number of aryl methyl sites for hydroxylation is 2. The predicted molar refractivity (Wildman–Crippen MR) is 218 cm³/mol. The summed E-state index contributed by atoms with van der Waals surface area (Å²) >= 11 is 0. The molecule has 6 heterocycles. The summed E-state index contributed by atoms with van der Waals surface area (Å²) in [5.74, 6) is 0.191. The summed E-state index contributed by atoms with van der Waals surface area (Å²) in [5.41, 5.74) is 11.1. The van der Waals surface area contributed by atoms with Crippen LogP contribution < -0.4 is 15.5 Å². The van der Waals surface area contributed by atoms with Gasteiger partial charge in [-0.3, -0.25) is 9.59 Å². The van der Waals surface area contributed by atoms with Gasteiger partial charge in [0.2, 0.25) is 5.95 Å². The molecule has 2 aromatic carbocycles. The third-order valence-corrected chi connectivity index (χ3v) is 10.2. The van der Waals surface area contributed by atoms with Gasteiger partial charge >= 0.3 is 0 Å². The highest BCUT2D eigenvalue weighted by Gasteiger charge is 2.25. The summed E-state index contributed by atoms with van der Waals surface area (Å²) in [4.78, 5) is 50.9. The highest BCUT2D eigenvalue weighted by Crippen LogP contribution is 2.33. The Morgan fingerprint density at radius 3 is 1.58 bits per heavy atom. The minimum Gasteiger partial charge on any atom is -0.358 e. The fraction of sp³-hybridized carbons (Fsp3) is 0.395. The number of anilines is 1. The molecular weight excluding hydrogens is 694 g/mol. The van der Waals surface area contributed by atoms with E-state index in [0.717, 1.165) is 74.9 Å². The van der Waals surface area contributed by atoms with Crippen LogP contribution in [0, 0.1) is 25.2 Å². The number of hydrogen-bond acceptors (Lipinski definition) is 7. The lowest BCUT2D eigenvalue weighted by Gasteiger charge is -2.33. The molecule has 0 radical (unpaired) electrons. The van der Waals surface area contributed by atoms with Gasteiger partial charge in [-0.1, -0.05) is 58.4 Å². The number of hydrogen-bond donors (Lipinski definition) is 4. The molecule has 0 atom stereocenters. The zero-order valence-corrected chi connectivity index (χ0v) is 33.6. The zero-order valence-electron chi connectivity index (χ0n) is 33.6. The molecule has 6 aromatic rings. The first-order chi connectivity index (χ1) is 25.9. The van der Waals surface area contributed by atoms with E-state index in [4.69, 9.17) is 9.97 Å². The molecule has 12 heteroatoms. The van der Waals surface area contributed by atoms with E-state index in [1.165, 1.54) is 6.42 Å². The maximum Gasteiger partial charge on any atom is 0.253 e. The van der Waals surface area contributed by atoms with Gasteiger partial charge in [0, 0.05) is 72.4 Å². The molecule has 0 aliphatic carbocycles. The molecule has 0 saturated carbocycles. The second kappa shape index (κ2) is 15.2. The second-order valence-electron chi connectivity index (χ2n) is 16.4. The topological polar surface area (TPSA) is 145 Å². The van der Waals surface area contributed by atoms with Gasteiger partial charge in [-0.25, -0.2) is 19.9 Å². The van der Waals surface area contributed by atoms with Crippen LogP contribution in [-0.4, -0.2) is 67.4 Å². The number of para-hydroxylation sites is 2. The molecule has 2 amide bonds. The van der Waals surface area contributed by atoms with Crippen molar-refractivity contribution in [2.24, 2.45) is 5.41 Å². The van der Waals surface area contributed by atoms with E-state index in [1.54, 1.807) is 19.1 Å². The molecule has 0 bridgehead atoms. The maximum atomic E-state index is 13.8. The highest BCUT2D eigenvalue weighted by molar-refractivity contribution is 6.00. The SMILES string of the molecule is CCC(C)(C)C.Cc1nc2cccc(-c3cc4c([nH]3)CCNC4=O)c2nc1F.Cc1nc2cccc(-c3cc4c([nH]3)CCNC4=O)c2nc1N(C)C(C)(C)C. The molecule has 2 aliphatic rings. The Morgan fingerprint density at radius 1 is 0.691 bits per heavy atom. The molecule has 4 N–H and O–H groups in total. The molecule has 8 rings (SSSR count). The number of aromatic nitrogens is 6. The van der Waals surface area contributed by atoms with Crippen molar-refractivity contribution in [2.45, 2.75) is 87.1 Å². The quantitative estimate of drug-likeness (QED) is 0.143. The maximum absolute atomic E-state index is 13.8. The first-order valence-corrected chi connectivity index (χ1v) is 18.9. The number of fused-ring (bicyclic) bond motifs is 4. The van der Waals surface area contributed by atoms with Crippen LogP contribution in [0.1, 0.15) is 98.4 Å². The molecule has 0 fully saturated rings. The van der Waals surface area contributed by atoms with Crippen LogP contribution in [0.3, 0.4) is 0 Å². The van der Waals surface area contributed by atoms with Crippen LogP contribution in [-0.2, 0) is 12.8 Å². The Hall–Kier alpha value is -5.65. The van der Waals surface area contributed by atoms with E-state index < -0.39 is 5.95 Å². The van der Waals surface area contributed by atoms with E-state index in [0.29, 0.717) is 35.1 Å². The number of rotatable bonds is 3. The lowest BCUT2D eigenvalue weighted by atomic mass is 9.94. The fourth-order valence-corrected chi connectivity index (χ4v) is 6.25. The Labute approximate surface area is 322 Å². The molecular formula is C43H52FN9O2. The number of nitrogens with one attached hydrogen (secondary N) is 4. The molecule has 0 saturated heterocycles. The van der Waals surface area contributed by atoms with Gasteiger partial charge in [0.25, 0.3) is 11.8 Å². The average molecular weight is 746 g/mol. The number of carbonyl (C=O) groups is 2. The normalized spacial score (nSPS) is 13.9.